The van der Waals surface area contributed by atoms with Crippen molar-refractivity contribution in [1.29, 1.82) is 0 Å². The molecule has 0 aliphatic heterocycles. The molecule has 0 bridgehead atoms. The molecule has 1 rings (SSSR count). The number of hydrogen-bond acceptors (Lipinski definition) is 2. The van der Waals surface area contributed by atoms with E-state index in [9.17, 15) is 9.18 Å². The molecule has 0 heterocycles. The third kappa shape index (κ3) is 2.58. The van der Waals surface area contributed by atoms with Gasteiger partial charge in [-0.2, -0.15) is 0 Å². The Morgan fingerprint density at radius 2 is 2.23 bits per heavy atom. The van der Waals surface area contributed by atoms with Crippen molar-refractivity contribution in [2.24, 2.45) is 4.99 Å². The number of halogens is 2. The minimum absolute atomic E-state index is 0.221. The predicted octanol–water partition coefficient (Wildman–Crippen LogP) is 2.64. The summed E-state index contributed by atoms with van der Waals surface area (Å²) in [7, 11) is 0. The van der Waals surface area contributed by atoms with Crippen molar-refractivity contribution in [3.8, 4) is 0 Å². The maximum Gasteiger partial charge on any atom is 0.161 e. The minimum Gasteiger partial charge on any atom is -0.297 e. The van der Waals surface area contributed by atoms with E-state index in [0.717, 1.165) is 11.8 Å². The highest BCUT2D eigenvalue weighted by Crippen LogP contribution is 2.25. The van der Waals surface area contributed by atoms with E-state index < -0.39 is 5.82 Å². The van der Waals surface area contributed by atoms with Gasteiger partial charge in [0.15, 0.2) is 6.29 Å². The standard InChI is InChI=1S/C9H7FINO/c1-6-4-7(10)9(8(11)5-6)12-2-3-13/h2-5H,1H3. The quantitative estimate of drug-likeness (QED) is 0.468. The van der Waals surface area contributed by atoms with Crippen molar-refractivity contribution in [2.45, 2.75) is 6.92 Å². The van der Waals surface area contributed by atoms with Crippen LogP contribution in [0.4, 0.5) is 10.1 Å². The zero-order valence-electron chi connectivity index (χ0n) is 6.92. The van der Waals surface area contributed by atoms with Crippen LogP contribution in [0.15, 0.2) is 17.1 Å². The number of hydrogen-bond donors (Lipinski definition) is 0. The molecule has 13 heavy (non-hydrogen) atoms. The molecule has 0 unspecified atom stereocenters. The van der Waals surface area contributed by atoms with Gasteiger partial charge in [-0.05, 0) is 47.2 Å². The van der Waals surface area contributed by atoms with Gasteiger partial charge >= 0.3 is 0 Å². The monoisotopic (exact) mass is 291 g/mol. The lowest BCUT2D eigenvalue weighted by Gasteiger charge is -2.01. The Kier molecular flexibility index (Phi) is 3.53. The number of rotatable bonds is 2. The zero-order valence-corrected chi connectivity index (χ0v) is 9.08. The fraction of sp³-hybridized carbons (Fsp3) is 0.111. The van der Waals surface area contributed by atoms with E-state index >= 15 is 0 Å². The van der Waals surface area contributed by atoms with Gasteiger partial charge in [0.05, 0.1) is 6.21 Å². The molecule has 0 spiro atoms. The highest BCUT2D eigenvalue weighted by atomic mass is 127. The summed E-state index contributed by atoms with van der Waals surface area (Å²) in [6.07, 6.45) is 1.56. The first-order chi connectivity index (χ1) is 6.15. The third-order valence-electron chi connectivity index (χ3n) is 1.43. The fourth-order valence-corrected chi connectivity index (χ4v) is 1.81. The van der Waals surface area contributed by atoms with E-state index in [4.69, 9.17) is 0 Å². The molecule has 0 amide bonds. The van der Waals surface area contributed by atoms with Crippen LogP contribution in [-0.2, 0) is 4.79 Å². The fourth-order valence-electron chi connectivity index (χ4n) is 0.921. The first kappa shape index (κ1) is 10.3. The Balaban J connectivity index is 3.20. The summed E-state index contributed by atoms with van der Waals surface area (Å²) in [4.78, 5) is 13.7. The van der Waals surface area contributed by atoms with Crippen molar-refractivity contribution in [2.75, 3.05) is 0 Å². The average molecular weight is 291 g/mol. The van der Waals surface area contributed by atoms with Gasteiger partial charge in [-0.15, -0.1) is 0 Å². The van der Waals surface area contributed by atoms with Crippen LogP contribution < -0.4 is 0 Å². The van der Waals surface area contributed by atoms with Crippen LogP contribution in [0.3, 0.4) is 0 Å². The van der Waals surface area contributed by atoms with Crippen LogP contribution in [0.1, 0.15) is 5.56 Å². The largest absolute Gasteiger partial charge is 0.297 e. The molecule has 0 radical (unpaired) electrons. The molecule has 1 aromatic carbocycles. The summed E-state index contributed by atoms with van der Waals surface area (Å²) in [6.45, 7) is 1.80. The van der Waals surface area contributed by atoms with Gasteiger partial charge in [0.25, 0.3) is 0 Å². The highest BCUT2D eigenvalue weighted by molar-refractivity contribution is 14.1. The Bertz CT molecular complexity index is 340. The molecule has 0 aromatic heterocycles. The lowest BCUT2D eigenvalue weighted by Crippen LogP contribution is -1.85. The number of carbonyl (C=O) groups is 1. The van der Waals surface area contributed by atoms with Gasteiger partial charge in [-0.1, -0.05) is 0 Å². The van der Waals surface area contributed by atoms with E-state index in [1.54, 1.807) is 13.0 Å². The Morgan fingerprint density at radius 3 is 2.77 bits per heavy atom. The summed E-state index contributed by atoms with van der Waals surface area (Å²) in [6, 6.07) is 3.20. The number of aldehydes is 1. The van der Waals surface area contributed by atoms with Crippen LogP contribution in [-0.4, -0.2) is 12.5 Å². The average Bonchev–Trinajstić information content (AvgIpc) is 2.02. The van der Waals surface area contributed by atoms with Crippen LogP contribution in [0.2, 0.25) is 0 Å². The Morgan fingerprint density at radius 1 is 1.54 bits per heavy atom. The highest BCUT2D eigenvalue weighted by Gasteiger charge is 2.05. The molecule has 0 aliphatic carbocycles. The molecule has 68 valence electrons. The third-order valence-corrected chi connectivity index (χ3v) is 2.25. The number of carbonyl (C=O) groups excluding carboxylic acids is 1. The second kappa shape index (κ2) is 4.45. The van der Waals surface area contributed by atoms with Gasteiger partial charge in [-0.25, -0.2) is 9.38 Å². The molecular weight excluding hydrogens is 284 g/mol. The van der Waals surface area contributed by atoms with Crippen molar-refractivity contribution < 1.29 is 9.18 Å². The van der Waals surface area contributed by atoms with E-state index in [1.165, 1.54) is 6.07 Å². The van der Waals surface area contributed by atoms with Crippen LogP contribution in [0.25, 0.3) is 0 Å². The number of nitrogens with zero attached hydrogens (tertiary/aromatic N) is 1. The normalized spacial score (nSPS) is 10.7. The Hall–Kier alpha value is -0.780. The maximum absolute atomic E-state index is 13.2. The van der Waals surface area contributed by atoms with E-state index in [1.807, 2.05) is 22.6 Å². The molecule has 2 nitrogen and oxygen atoms in total. The van der Waals surface area contributed by atoms with Gasteiger partial charge in [0.1, 0.15) is 11.5 Å². The zero-order chi connectivity index (χ0) is 9.84. The Labute approximate surface area is 89.0 Å². The molecule has 0 aliphatic rings. The van der Waals surface area contributed by atoms with Crippen molar-refractivity contribution in [3.63, 3.8) is 0 Å². The molecule has 0 N–H and O–H groups in total. The topological polar surface area (TPSA) is 29.4 Å². The SMILES string of the molecule is Cc1cc(F)c(N=CC=O)c(I)c1. The molecule has 1 aromatic rings. The maximum atomic E-state index is 13.2. The van der Waals surface area contributed by atoms with Crippen molar-refractivity contribution in [1.82, 2.24) is 0 Å². The smallest absolute Gasteiger partial charge is 0.161 e. The number of aryl methyl sites for hydroxylation is 1. The van der Waals surface area contributed by atoms with Crippen molar-refractivity contribution >= 4 is 40.8 Å². The predicted molar refractivity (Wildman–Crippen MR) is 58.1 cm³/mol. The summed E-state index contributed by atoms with van der Waals surface area (Å²) in [5, 5.41) is 0. The number of benzene rings is 1. The molecule has 0 fully saturated rings. The minimum atomic E-state index is -0.400. The summed E-state index contributed by atoms with van der Waals surface area (Å²) >= 11 is 1.98. The van der Waals surface area contributed by atoms with E-state index in [-0.39, 0.29) is 5.69 Å². The van der Waals surface area contributed by atoms with Gasteiger partial charge in [-0.3, -0.25) is 4.79 Å². The number of aliphatic imine (C=N–C) groups is 1. The van der Waals surface area contributed by atoms with Gasteiger partial charge in [0, 0.05) is 3.57 Å². The molecule has 0 atom stereocenters. The van der Waals surface area contributed by atoms with Crippen LogP contribution >= 0.6 is 22.6 Å². The second-order valence-corrected chi connectivity index (χ2v) is 3.65. The summed E-state index contributed by atoms with van der Waals surface area (Å²) in [5.74, 6) is -0.400. The lowest BCUT2D eigenvalue weighted by atomic mass is 10.2. The molecule has 4 heteroatoms. The van der Waals surface area contributed by atoms with E-state index in [0.29, 0.717) is 9.86 Å². The summed E-state index contributed by atoms with van der Waals surface area (Å²) < 4.78 is 13.9. The first-order valence-electron chi connectivity index (χ1n) is 3.58. The lowest BCUT2D eigenvalue weighted by molar-refractivity contribution is -0.102. The molecular formula is C9H7FINO. The van der Waals surface area contributed by atoms with Gasteiger partial charge < -0.3 is 0 Å². The summed E-state index contributed by atoms with van der Waals surface area (Å²) in [5.41, 5.74) is 1.06. The van der Waals surface area contributed by atoms with E-state index in [2.05, 4.69) is 4.99 Å². The van der Waals surface area contributed by atoms with Crippen LogP contribution in [0.5, 0.6) is 0 Å². The second-order valence-electron chi connectivity index (χ2n) is 2.49. The molecule has 0 saturated heterocycles. The van der Waals surface area contributed by atoms with Gasteiger partial charge in [0.2, 0.25) is 0 Å². The van der Waals surface area contributed by atoms with Crippen molar-refractivity contribution in [3.05, 3.63) is 27.1 Å². The molecule has 0 saturated carbocycles. The first-order valence-corrected chi connectivity index (χ1v) is 4.66. The van der Waals surface area contributed by atoms with Crippen LogP contribution in [0, 0.1) is 16.3 Å².